The first kappa shape index (κ1) is 13.5. The van der Waals surface area contributed by atoms with Crippen molar-refractivity contribution in [2.45, 2.75) is 25.7 Å². The minimum Gasteiger partial charge on any atom is -0.478 e. The number of nitrogen functional groups attached to an aromatic ring is 1. The van der Waals surface area contributed by atoms with Gasteiger partial charge in [-0.2, -0.15) is 0 Å². The lowest BCUT2D eigenvalue weighted by atomic mass is 9.92. The van der Waals surface area contributed by atoms with Gasteiger partial charge in [-0.25, -0.2) is 4.79 Å². The van der Waals surface area contributed by atoms with Crippen LogP contribution in [0.2, 0.25) is 0 Å². The fourth-order valence-corrected chi connectivity index (χ4v) is 2.67. The number of rotatable bonds is 3. The number of ether oxygens (including phenoxy) is 1. The molecule has 0 bridgehead atoms. The van der Waals surface area contributed by atoms with E-state index in [9.17, 15) is 4.79 Å². The van der Waals surface area contributed by atoms with Gasteiger partial charge in [-0.05, 0) is 67.1 Å². The van der Waals surface area contributed by atoms with E-state index >= 15 is 0 Å². The first-order chi connectivity index (χ1) is 10.1. The number of hydrogen-bond acceptors (Lipinski definition) is 3. The molecule has 4 heteroatoms. The predicted molar refractivity (Wildman–Crippen MR) is 81.0 cm³/mol. The Morgan fingerprint density at radius 3 is 2.52 bits per heavy atom. The van der Waals surface area contributed by atoms with Gasteiger partial charge in [-0.3, -0.25) is 0 Å². The standard InChI is InChI=1S/C17H17NO3/c18-15-10-13(17(19)20)6-8-16(15)21-14-7-5-11-3-1-2-4-12(11)9-14/h5-10H,1-4,18H2,(H,19,20). The van der Waals surface area contributed by atoms with Crippen LogP contribution >= 0.6 is 0 Å². The van der Waals surface area contributed by atoms with Crippen molar-refractivity contribution in [1.29, 1.82) is 0 Å². The van der Waals surface area contributed by atoms with E-state index in [2.05, 4.69) is 12.1 Å². The molecule has 3 rings (SSSR count). The smallest absolute Gasteiger partial charge is 0.335 e. The van der Waals surface area contributed by atoms with Gasteiger partial charge in [0.25, 0.3) is 0 Å². The zero-order chi connectivity index (χ0) is 14.8. The van der Waals surface area contributed by atoms with Crippen molar-refractivity contribution < 1.29 is 14.6 Å². The zero-order valence-corrected chi connectivity index (χ0v) is 11.6. The third kappa shape index (κ3) is 2.84. The van der Waals surface area contributed by atoms with Gasteiger partial charge in [0, 0.05) is 0 Å². The normalized spacial score (nSPS) is 13.5. The quantitative estimate of drug-likeness (QED) is 0.843. The number of carboxylic acid groups (broad SMARTS) is 1. The number of nitrogens with two attached hydrogens (primary N) is 1. The summed E-state index contributed by atoms with van der Waals surface area (Å²) in [6.45, 7) is 0. The van der Waals surface area contributed by atoms with Crippen molar-refractivity contribution in [3.8, 4) is 11.5 Å². The second kappa shape index (κ2) is 5.48. The van der Waals surface area contributed by atoms with Gasteiger partial charge in [0.15, 0.2) is 0 Å². The first-order valence-electron chi connectivity index (χ1n) is 7.06. The van der Waals surface area contributed by atoms with E-state index in [1.807, 2.05) is 6.07 Å². The number of carbonyl (C=O) groups is 1. The van der Waals surface area contributed by atoms with E-state index < -0.39 is 5.97 Å². The molecule has 21 heavy (non-hydrogen) atoms. The largest absolute Gasteiger partial charge is 0.478 e. The average Bonchev–Trinajstić information content (AvgIpc) is 2.49. The summed E-state index contributed by atoms with van der Waals surface area (Å²) in [5.74, 6) is 0.225. The van der Waals surface area contributed by atoms with E-state index in [4.69, 9.17) is 15.6 Å². The molecule has 1 aliphatic carbocycles. The summed E-state index contributed by atoms with van der Waals surface area (Å²) in [4.78, 5) is 10.9. The molecule has 2 aromatic rings. The molecule has 0 saturated heterocycles. The Balaban J connectivity index is 1.85. The van der Waals surface area contributed by atoms with Crippen molar-refractivity contribution in [2.75, 3.05) is 5.73 Å². The molecule has 0 spiro atoms. The van der Waals surface area contributed by atoms with Crippen molar-refractivity contribution in [2.24, 2.45) is 0 Å². The Hall–Kier alpha value is -2.49. The van der Waals surface area contributed by atoms with Crippen LogP contribution in [-0.4, -0.2) is 11.1 Å². The van der Waals surface area contributed by atoms with Crippen LogP contribution in [0.15, 0.2) is 36.4 Å². The lowest BCUT2D eigenvalue weighted by Crippen LogP contribution is -2.03. The fraction of sp³-hybridized carbons (Fsp3) is 0.235. The zero-order valence-electron chi connectivity index (χ0n) is 11.6. The maximum Gasteiger partial charge on any atom is 0.335 e. The van der Waals surface area contributed by atoms with E-state index in [-0.39, 0.29) is 5.56 Å². The van der Waals surface area contributed by atoms with Crippen molar-refractivity contribution >= 4 is 11.7 Å². The van der Waals surface area contributed by atoms with Crippen LogP contribution in [0.5, 0.6) is 11.5 Å². The second-order valence-corrected chi connectivity index (χ2v) is 5.30. The van der Waals surface area contributed by atoms with Gasteiger partial charge in [-0.1, -0.05) is 6.07 Å². The number of aromatic carboxylic acids is 1. The predicted octanol–water partition coefficient (Wildman–Crippen LogP) is 3.64. The van der Waals surface area contributed by atoms with E-state index in [1.165, 1.54) is 36.1 Å². The molecular weight excluding hydrogens is 266 g/mol. The molecule has 4 nitrogen and oxygen atoms in total. The molecule has 0 heterocycles. The number of hydrogen-bond donors (Lipinski definition) is 2. The van der Waals surface area contributed by atoms with Crippen LogP contribution in [0.4, 0.5) is 5.69 Å². The first-order valence-corrected chi connectivity index (χ1v) is 7.06. The Bertz CT molecular complexity index is 694. The lowest BCUT2D eigenvalue weighted by Gasteiger charge is -2.17. The number of benzene rings is 2. The SMILES string of the molecule is Nc1cc(C(=O)O)ccc1Oc1ccc2c(c1)CCCC2. The van der Waals surface area contributed by atoms with Gasteiger partial charge in [0.1, 0.15) is 11.5 Å². The van der Waals surface area contributed by atoms with Crippen LogP contribution in [0.1, 0.15) is 34.3 Å². The van der Waals surface area contributed by atoms with Crippen molar-refractivity contribution in [1.82, 2.24) is 0 Å². The lowest BCUT2D eigenvalue weighted by molar-refractivity contribution is 0.0697. The average molecular weight is 283 g/mol. The molecule has 0 aromatic heterocycles. The summed E-state index contributed by atoms with van der Waals surface area (Å²) in [7, 11) is 0. The molecule has 0 saturated carbocycles. The molecule has 0 amide bonds. The maximum atomic E-state index is 10.9. The highest BCUT2D eigenvalue weighted by atomic mass is 16.5. The molecule has 0 aliphatic heterocycles. The van der Waals surface area contributed by atoms with Crippen LogP contribution in [0.3, 0.4) is 0 Å². The Morgan fingerprint density at radius 2 is 1.81 bits per heavy atom. The maximum absolute atomic E-state index is 10.9. The summed E-state index contributed by atoms with van der Waals surface area (Å²) in [6.07, 6.45) is 4.67. The van der Waals surface area contributed by atoms with Gasteiger partial charge >= 0.3 is 5.97 Å². The highest BCUT2D eigenvalue weighted by Crippen LogP contribution is 2.31. The number of carboxylic acids is 1. The van der Waals surface area contributed by atoms with E-state index in [1.54, 1.807) is 6.07 Å². The second-order valence-electron chi connectivity index (χ2n) is 5.30. The van der Waals surface area contributed by atoms with Crippen LogP contribution in [-0.2, 0) is 12.8 Å². The molecule has 0 radical (unpaired) electrons. The van der Waals surface area contributed by atoms with Crippen LogP contribution < -0.4 is 10.5 Å². The summed E-state index contributed by atoms with van der Waals surface area (Å²) < 4.78 is 5.79. The van der Waals surface area contributed by atoms with Gasteiger partial charge in [0.2, 0.25) is 0 Å². The third-order valence-corrected chi connectivity index (χ3v) is 3.80. The molecule has 108 valence electrons. The van der Waals surface area contributed by atoms with Crippen LogP contribution in [0, 0.1) is 0 Å². The number of aryl methyl sites for hydroxylation is 2. The summed E-state index contributed by atoms with van der Waals surface area (Å²) >= 11 is 0. The molecular formula is C17H17NO3. The molecule has 0 fully saturated rings. The fourth-order valence-electron chi connectivity index (χ4n) is 2.67. The summed E-state index contributed by atoms with van der Waals surface area (Å²) in [5, 5.41) is 8.93. The Labute approximate surface area is 123 Å². The molecule has 2 aromatic carbocycles. The number of anilines is 1. The highest BCUT2D eigenvalue weighted by molar-refractivity contribution is 5.89. The third-order valence-electron chi connectivity index (χ3n) is 3.80. The van der Waals surface area contributed by atoms with Gasteiger partial charge in [0.05, 0.1) is 11.3 Å². The topological polar surface area (TPSA) is 72.6 Å². The molecule has 1 aliphatic rings. The van der Waals surface area contributed by atoms with Crippen molar-refractivity contribution in [3.05, 3.63) is 53.1 Å². The molecule has 3 N–H and O–H groups in total. The van der Waals surface area contributed by atoms with E-state index in [0.717, 1.165) is 18.6 Å². The Morgan fingerprint density at radius 1 is 1.05 bits per heavy atom. The monoisotopic (exact) mass is 283 g/mol. The Kier molecular flexibility index (Phi) is 3.52. The molecule has 0 atom stereocenters. The molecule has 0 unspecified atom stereocenters. The minimum atomic E-state index is -0.998. The summed E-state index contributed by atoms with van der Waals surface area (Å²) in [6, 6.07) is 10.6. The highest BCUT2D eigenvalue weighted by Gasteiger charge is 2.12. The van der Waals surface area contributed by atoms with Gasteiger partial charge in [-0.15, -0.1) is 0 Å². The van der Waals surface area contributed by atoms with Crippen LogP contribution in [0.25, 0.3) is 0 Å². The summed E-state index contributed by atoms with van der Waals surface area (Å²) in [5.41, 5.74) is 9.06. The van der Waals surface area contributed by atoms with E-state index in [0.29, 0.717) is 11.4 Å². The van der Waals surface area contributed by atoms with Crippen molar-refractivity contribution in [3.63, 3.8) is 0 Å². The number of fused-ring (bicyclic) bond motifs is 1. The van der Waals surface area contributed by atoms with Gasteiger partial charge < -0.3 is 15.6 Å². The minimum absolute atomic E-state index is 0.158.